The highest BCUT2D eigenvalue weighted by atomic mass is 16.3. The van der Waals surface area contributed by atoms with Crippen molar-refractivity contribution in [2.24, 2.45) is 5.92 Å². The van der Waals surface area contributed by atoms with E-state index < -0.39 is 0 Å². The first-order valence-corrected chi connectivity index (χ1v) is 8.52. The quantitative estimate of drug-likeness (QED) is 0.717. The smallest absolute Gasteiger partial charge is 0.0997 e. The Labute approximate surface area is 142 Å². The fourth-order valence-electron chi connectivity index (χ4n) is 3.46. The average molecular weight is 321 g/mol. The number of likely N-dealkylation sites (tertiary alicyclic amines) is 1. The second kappa shape index (κ2) is 6.29. The summed E-state index contributed by atoms with van der Waals surface area (Å²) >= 11 is 0. The number of hydrogen-bond donors (Lipinski definition) is 0. The molecule has 4 nitrogen and oxygen atoms in total. The highest BCUT2D eigenvalue weighted by molar-refractivity contribution is 5.37. The highest BCUT2D eigenvalue weighted by Gasteiger charge is 2.26. The lowest BCUT2D eigenvalue weighted by molar-refractivity contribution is 0.0925. The first-order valence-electron chi connectivity index (χ1n) is 8.52. The Morgan fingerprint density at radius 1 is 1.08 bits per heavy atom. The van der Waals surface area contributed by atoms with Gasteiger partial charge < -0.3 is 8.98 Å². The molecule has 4 heteroatoms. The van der Waals surface area contributed by atoms with Crippen LogP contribution >= 0.6 is 0 Å². The molecule has 1 aromatic carbocycles. The van der Waals surface area contributed by atoms with Crippen LogP contribution in [0, 0.1) is 19.8 Å². The molecule has 3 aromatic rings. The molecular weight excluding hydrogens is 298 g/mol. The van der Waals surface area contributed by atoms with Gasteiger partial charge in [0.25, 0.3) is 0 Å². The number of aryl methyl sites for hydroxylation is 1. The van der Waals surface area contributed by atoms with Gasteiger partial charge in [0.15, 0.2) is 0 Å². The van der Waals surface area contributed by atoms with Gasteiger partial charge in [-0.25, -0.2) is 4.98 Å². The first kappa shape index (κ1) is 15.2. The summed E-state index contributed by atoms with van der Waals surface area (Å²) in [5.74, 6) is 0.762. The van der Waals surface area contributed by atoms with Crippen LogP contribution in [0.4, 0.5) is 0 Å². The Morgan fingerprint density at radius 3 is 2.50 bits per heavy atom. The van der Waals surface area contributed by atoms with Gasteiger partial charge in [0, 0.05) is 31.0 Å². The van der Waals surface area contributed by atoms with Crippen LogP contribution in [0.25, 0.3) is 5.69 Å². The Morgan fingerprint density at radius 2 is 1.88 bits per heavy atom. The minimum atomic E-state index is 0.762. The molecule has 124 valence electrons. The monoisotopic (exact) mass is 321 g/mol. The van der Waals surface area contributed by atoms with Gasteiger partial charge in [-0.3, -0.25) is 4.90 Å². The van der Waals surface area contributed by atoms with E-state index in [4.69, 9.17) is 4.42 Å². The number of imidazole rings is 1. The molecule has 1 aliphatic rings. The zero-order valence-electron chi connectivity index (χ0n) is 14.3. The maximum Gasteiger partial charge on any atom is 0.0997 e. The van der Waals surface area contributed by atoms with Crippen molar-refractivity contribution in [3.05, 3.63) is 71.7 Å². The fraction of sp³-hybridized carbons (Fsp3) is 0.350. The van der Waals surface area contributed by atoms with Gasteiger partial charge in [0.05, 0.1) is 24.5 Å². The van der Waals surface area contributed by atoms with Crippen LogP contribution in [-0.4, -0.2) is 27.5 Å². The second-order valence-electron chi connectivity index (χ2n) is 6.85. The SMILES string of the molecule is Cc1ncn(-c2ccc(CN3CC(Cc4ccoc4)C3)cc2)c1C. The maximum absolute atomic E-state index is 5.14. The third kappa shape index (κ3) is 3.02. The molecule has 0 bridgehead atoms. The van der Waals surface area contributed by atoms with E-state index in [9.17, 15) is 0 Å². The molecule has 1 aliphatic heterocycles. The molecule has 2 aromatic heterocycles. The van der Waals surface area contributed by atoms with E-state index in [1.54, 1.807) is 6.26 Å². The van der Waals surface area contributed by atoms with Crippen molar-refractivity contribution in [3.63, 3.8) is 0 Å². The number of furan rings is 1. The fourth-order valence-corrected chi connectivity index (χ4v) is 3.46. The standard InChI is InChI=1S/C20H23N3O/c1-15-16(2)23(14-21-15)20-5-3-17(4-6-20)10-22-11-19(12-22)9-18-7-8-24-13-18/h3-8,13-14,19H,9-12H2,1-2H3. The van der Waals surface area contributed by atoms with E-state index in [2.05, 4.69) is 51.7 Å². The van der Waals surface area contributed by atoms with Crippen molar-refractivity contribution < 1.29 is 4.42 Å². The number of benzene rings is 1. The number of nitrogens with zero attached hydrogens (tertiary/aromatic N) is 3. The summed E-state index contributed by atoms with van der Waals surface area (Å²) in [5.41, 5.74) is 6.15. The Hall–Kier alpha value is -2.33. The molecule has 0 saturated carbocycles. The zero-order chi connectivity index (χ0) is 16.5. The molecule has 0 unspecified atom stereocenters. The van der Waals surface area contributed by atoms with Crippen LogP contribution in [0.5, 0.6) is 0 Å². The maximum atomic E-state index is 5.14. The van der Waals surface area contributed by atoms with Gasteiger partial charge >= 0.3 is 0 Å². The second-order valence-corrected chi connectivity index (χ2v) is 6.85. The lowest BCUT2D eigenvalue weighted by atomic mass is 9.93. The van der Waals surface area contributed by atoms with Crippen LogP contribution < -0.4 is 0 Å². The molecule has 0 N–H and O–H groups in total. The summed E-state index contributed by atoms with van der Waals surface area (Å²) in [5, 5.41) is 0. The molecule has 0 atom stereocenters. The molecule has 3 heterocycles. The van der Waals surface area contributed by atoms with Gasteiger partial charge in [-0.1, -0.05) is 12.1 Å². The minimum absolute atomic E-state index is 0.762. The first-order chi connectivity index (χ1) is 11.7. The summed E-state index contributed by atoms with van der Waals surface area (Å²) in [4.78, 5) is 6.88. The molecule has 1 fully saturated rings. The third-order valence-electron chi connectivity index (χ3n) is 5.01. The van der Waals surface area contributed by atoms with E-state index in [1.165, 1.54) is 35.6 Å². The Balaban J connectivity index is 1.33. The van der Waals surface area contributed by atoms with Gasteiger partial charge in [-0.15, -0.1) is 0 Å². The van der Waals surface area contributed by atoms with Gasteiger partial charge in [-0.2, -0.15) is 0 Å². The molecule has 24 heavy (non-hydrogen) atoms. The van der Waals surface area contributed by atoms with Crippen LogP contribution in [-0.2, 0) is 13.0 Å². The summed E-state index contributed by atoms with van der Waals surface area (Å²) in [6, 6.07) is 10.9. The van der Waals surface area contributed by atoms with E-state index >= 15 is 0 Å². The summed E-state index contributed by atoms with van der Waals surface area (Å²) in [6.45, 7) is 7.53. The van der Waals surface area contributed by atoms with Crippen LogP contribution in [0.2, 0.25) is 0 Å². The lowest BCUT2D eigenvalue weighted by Gasteiger charge is -2.39. The van der Waals surface area contributed by atoms with Crippen molar-refractivity contribution in [1.82, 2.24) is 14.5 Å². The van der Waals surface area contributed by atoms with Gasteiger partial charge in [0.1, 0.15) is 0 Å². The molecule has 0 radical (unpaired) electrons. The zero-order valence-corrected chi connectivity index (χ0v) is 14.3. The predicted molar refractivity (Wildman–Crippen MR) is 94.2 cm³/mol. The predicted octanol–water partition coefficient (Wildman–Crippen LogP) is 3.76. The van der Waals surface area contributed by atoms with E-state index in [-0.39, 0.29) is 0 Å². The van der Waals surface area contributed by atoms with Gasteiger partial charge in [-0.05, 0) is 55.5 Å². The molecule has 0 amide bonds. The highest BCUT2D eigenvalue weighted by Crippen LogP contribution is 2.23. The van der Waals surface area contributed by atoms with E-state index in [0.29, 0.717) is 0 Å². The van der Waals surface area contributed by atoms with Gasteiger partial charge in [0.2, 0.25) is 0 Å². The normalized spacial score (nSPS) is 15.6. The number of aromatic nitrogens is 2. The molecular formula is C20H23N3O. The summed E-state index contributed by atoms with van der Waals surface area (Å²) in [7, 11) is 0. The molecule has 0 spiro atoms. The van der Waals surface area contributed by atoms with E-state index in [1.807, 2.05) is 19.5 Å². The van der Waals surface area contributed by atoms with Crippen LogP contribution in [0.1, 0.15) is 22.5 Å². The Bertz CT molecular complexity index is 796. The topological polar surface area (TPSA) is 34.2 Å². The molecule has 4 rings (SSSR count). The minimum Gasteiger partial charge on any atom is -0.472 e. The van der Waals surface area contributed by atoms with E-state index in [0.717, 1.165) is 24.6 Å². The average Bonchev–Trinajstić information content (AvgIpc) is 3.17. The molecule has 1 saturated heterocycles. The van der Waals surface area contributed by atoms with Crippen LogP contribution in [0.15, 0.2) is 53.6 Å². The van der Waals surface area contributed by atoms with Crippen molar-refractivity contribution in [1.29, 1.82) is 0 Å². The molecule has 0 aliphatic carbocycles. The van der Waals surface area contributed by atoms with Crippen LogP contribution in [0.3, 0.4) is 0 Å². The van der Waals surface area contributed by atoms with Crippen molar-refractivity contribution >= 4 is 0 Å². The van der Waals surface area contributed by atoms with Crippen molar-refractivity contribution in [3.8, 4) is 5.69 Å². The lowest BCUT2D eigenvalue weighted by Crippen LogP contribution is -2.46. The Kier molecular flexibility index (Phi) is 3.98. The van der Waals surface area contributed by atoms with Crippen molar-refractivity contribution in [2.45, 2.75) is 26.8 Å². The largest absolute Gasteiger partial charge is 0.472 e. The number of rotatable bonds is 5. The third-order valence-corrected chi connectivity index (χ3v) is 5.01. The summed E-state index contributed by atoms with van der Waals surface area (Å²) < 4.78 is 7.29. The number of hydrogen-bond acceptors (Lipinski definition) is 3. The summed E-state index contributed by atoms with van der Waals surface area (Å²) in [6.07, 6.45) is 6.65. The van der Waals surface area contributed by atoms with Crippen molar-refractivity contribution in [2.75, 3.05) is 13.1 Å².